The predicted octanol–water partition coefficient (Wildman–Crippen LogP) is 5.87. The molecule has 11 nitrogen and oxygen atoms in total. The SMILES string of the molecule is COc1cc(/C=C(\C#N)C(=O)Nc2cccc(C(F)(F)F)c2)ccc1Oc1ccc([N+](=O)[O-])cc1[N+](=O)[O-]. The molecule has 3 rings (SSSR count). The van der Waals surface area contributed by atoms with Gasteiger partial charge in [-0.05, 0) is 48.0 Å². The summed E-state index contributed by atoms with van der Waals surface area (Å²) in [5.74, 6) is -1.26. The van der Waals surface area contributed by atoms with Crippen molar-refractivity contribution in [2.24, 2.45) is 0 Å². The van der Waals surface area contributed by atoms with E-state index in [1.165, 1.54) is 31.4 Å². The lowest BCUT2D eigenvalue weighted by Crippen LogP contribution is -2.14. The first-order valence-corrected chi connectivity index (χ1v) is 10.3. The number of amides is 1. The summed E-state index contributed by atoms with van der Waals surface area (Å²) in [5, 5.41) is 33.9. The van der Waals surface area contributed by atoms with Gasteiger partial charge in [0, 0.05) is 11.8 Å². The van der Waals surface area contributed by atoms with Crippen molar-refractivity contribution in [1.82, 2.24) is 0 Å². The third-order valence-electron chi connectivity index (χ3n) is 4.88. The van der Waals surface area contributed by atoms with Gasteiger partial charge in [-0.15, -0.1) is 0 Å². The first-order chi connectivity index (χ1) is 17.9. The van der Waals surface area contributed by atoms with Crippen LogP contribution in [0.5, 0.6) is 17.2 Å². The molecule has 194 valence electrons. The van der Waals surface area contributed by atoms with Gasteiger partial charge in [-0.3, -0.25) is 25.0 Å². The Bertz CT molecular complexity index is 1500. The molecule has 0 bridgehead atoms. The number of rotatable bonds is 8. The molecule has 3 aromatic carbocycles. The van der Waals surface area contributed by atoms with Crippen molar-refractivity contribution in [2.45, 2.75) is 6.18 Å². The fraction of sp³-hybridized carbons (Fsp3) is 0.0833. The monoisotopic (exact) mass is 528 g/mol. The maximum Gasteiger partial charge on any atom is 0.416 e. The van der Waals surface area contributed by atoms with Crippen LogP contribution >= 0.6 is 0 Å². The molecule has 0 atom stereocenters. The fourth-order valence-electron chi connectivity index (χ4n) is 3.11. The lowest BCUT2D eigenvalue weighted by Gasteiger charge is -2.12. The second kappa shape index (κ2) is 11.1. The predicted molar refractivity (Wildman–Crippen MR) is 126 cm³/mol. The first kappa shape index (κ1) is 27.1. The van der Waals surface area contributed by atoms with Crippen LogP contribution in [0.3, 0.4) is 0 Å². The Morgan fingerprint density at radius 3 is 2.32 bits per heavy atom. The van der Waals surface area contributed by atoms with Crippen molar-refractivity contribution < 1.29 is 37.3 Å². The maximum absolute atomic E-state index is 12.9. The van der Waals surface area contributed by atoms with E-state index in [1.807, 2.05) is 0 Å². The molecule has 1 N–H and O–H groups in total. The molecule has 0 saturated carbocycles. The van der Waals surface area contributed by atoms with E-state index < -0.39 is 44.4 Å². The number of methoxy groups -OCH3 is 1. The highest BCUT2D eigenvalue weighted by Crippen LogP contribution is 2.38. The average molecular weight is 528 g/mol. The first-order valence-electron chi connectivity index (χ1n) is 10.3. The third-order valence-corrected chi connectivity index (χ3v) is 4.88. The molecule has 0 spiro atoms. The van der Waals surface area contributed by atoms with Gasteiger partial charge in [-0.25, -0.2) is 0 Å². The number of halogens is 3. The zero-order chi connectivity index (χ0) is 28.0. The molecule has 0 aromatic heterocycles. The number of nitriles is 1. The van der Waals surface area contributed by atoms with Gasteiger partial charge in [0.25, 0.3) is 11.6 Å². The summed E-state index contributed by atoms with van der Waals surface area (Å²) in [6, 6.07) is 12.4. The molecule has 1 amide bonds. The maximum atomic E-state index is 12.9. The van der Waals surface area contributed by atoms with Crippen LogP contribution in [0.4, 0.5) is 30.2 Å². The minimum Gasteiger partial charge on any atom is -0.493 e. The lowest BCUT2D eigenvalue weighted by molar-refractivity contribution is -0.394. The second-order valence-corrected chi connectivity index (χ2v) is 7.38. The van der Waals surface area contributed by atoms with Gasteiger partial charge >= 0.3 is 11.9 Å². The summed E-state index contributed by atoms with van der Waals surface area (Å²) in [5.41, 5.74) is -2.51. The fourth-order valence-corrected chi connectivity index (χ4v) is 3.11. The minimum atomic E-state index is -4.62. The molecular formula is C24H15F3N4O7. The number of anilines is 1. The van der Waals surface area contributed by atoms with Crippen LogP contribution in [-0.2, 0) is 11.0 Å². The van der Waals surface area contributed by atoms with E-state index in [9.17, 15) is 43.5 Å². The number of alkyl halides is 3. The lowest BCUT2D eigenvalue weighted by atomic mass is 10.1. The Labute approximate surface area is 211 Å². The summed E-state index contributed by atoms with van der Waals surface area (Å²) in [6.45, 7) is 0. The second-order valence-electron chi connectivity index (χ2n) is 7.38. The van der Waals surface area contributed by atoms with Crippen LogP contribution in [-0.4, -0.2) is 22.9 Å². The molecule has 0 aliphatic heterocycles. The summed E-state index contributed by atoms with van der Waals surface area (Å²) < 4.78 is 49.5. The molecule has 38 heavy (non-hydrogen) atoms. The summed E-state index contributed by atoms with van der Waals surface area (Å²) in [7, 11) is 1.26. The minimum absolute atomic E-state index is 0.0199. The molecule has 0 fully saturated rings. The van der Waals surface area contributed by atoms with Gasteiger partial charge in [0.15, 0.2) is 11.5 Å². The molecular weight excluding hydrogens is 513 g/mol. The van der Waals surface area contributed by atoms with E-state index in [1.54, 1.807) is 6.07 Å². The Morgan fingerprint density at radius 2 is 1.71 bits per heavy atom. The Balaban J connectivity index is 1.87. The van der Waals surface area contributed by atoms with E-state index in [0.717, 1.165) is 42.5 Å². The third kappa shape index (κ3) is 6.40. The molecule has 0 saturated heterocycles. The number of nitrogens with zero attached hydrogens (tertiary/aromatic N) is 3. The Kier molecular flexibility index (Phi) is 7.91. The number of carbonyl (C=O) groups excluding carboxylic acids is 1. The van der Waals surface area contributed by atoms with Gasteiger partial charge in [0.2, 0.25) is 5.75 Å². The Hall–Kier alpha value is -5.45. The molecule has 0 aliphatic carbocycles. The number of non-ortho nitro benzene ring substituents is 1. The van der Waals surface area contributed by atoms with Crippen LogP contribution in [0.1, 0.15) is 11.1 Å². The highest BCUT2D eigenvalue weighted by molar-refractivity contribution is 6.09. The molecule has 0 radical (unpaired) electrons. The van der Waals surface area contributed by atoms with E-state index >= 15 is 0 Å². The zero-order valence-electron chi connectivity index (χ0n) is 19.2. The van der Waals surface area contributed by atoms with E-state index in [4.69, 9.17) is 9.47 Å². The topological polar surface area (TPSA) is 158 Å². The summed E-state index contributed by atoms with van der Waals surface area (Å²) in [4.78, 5) is 33.1. The molecule has 3 aromatic rings. The number of hydrogen-bond donors (Lipinski definition) is 1. The standard InChI is InChI=1S/C24H15F3N4O7/c1-37-22-10-14(5-7-21(22)38-20-8-6-18(30(33)34)12-19(20)31(35)36)9-15(13-28)23(32)29-17-4-2-3-16(11-17)24(25,26)27/h2-12H,1H3,(H,29,32)/b15-9+. The van der Waals surface area contributed by atoms with Crippen LogP contribution in [0, 0.1) is 31.6 Å². The number of nitro groups is 2. The van der Waals surface area contributed by atoms with Gasteiger partial charge in [0.05, 0.1) is 28.6 Å². The number of carbonyl (C=O) groups is 1. The van der Waals surface area contributed by atoms with Crippen LogP contribution in [0.15, 0.2) is 66.2 Å². The number of ether oxygens (including phenoxy) is 2. The smallest absolute Gasteiger partial charge is 0.416 e. The highest BCUT2D eigenvalue weighted by atomic mass is 19.4. The molecule has 0 unspecified atom stereocenters. The van der Waals surface area contributed by atoms with E-state index in [0.29, 0.717) is 0 Å². The van der Waals surface area contributed by atoms with Crippen molar-refractivity contribution in [1.29, 1.82) is 5.26 Å². The van der Waals surface area contributed by atoms with Gasteiger partial charge in [-0.2, -0.15) is 18.4 Å². The van der Waals surface area contributed by atoms with Crippen LogP contribution < -0.4 is 14.8 Å². The summed E-state index contributed by atoms with van der Waals surface area (Å²) in [6.07, 6.45) is -3.48. The highest BCUT2D eigenvalue weighted by Gasteiger charge is 2.30. The van der Waals surface area contributed by atoms with Crippen molar-refractivity contribution >= 4 is 29.0 Å². The van der Waals surface area contributed by atoms with Crippen molar-refractivity contribution in [3.63, 3.8) is 0 Å². The Morgan fingerprint density at radius 1 is 1.00 bits per heavy atom. The van der Waals surface area contributed by atoms with Crippen molar-refractivity contribution in [3.05, 3.63) is 97.6 Å². The number of benzene rings is 3. The van der Waals surface area contributed by atoms with Gasteiger partial charge < -0.3 is 14.8 Å². The zero-order valence-corrected chi connectivity index (χ0v) is 19.2. The van der Waals surface area contributed by atoms with Crippen LogP contribution in [0.25, 0.3) is 6.08 Å². The number of hydrogen-bond acceptors (Lipinski definition) is 8. The average Bonchev–Trinajstić information content (AvgIpc) is 2.87. The van der Waals surface area contributed by atoms with Crippen molar-refractivity contribution in [3.8, 4) is 23.3 Å². The van der Waals surface area contributed by atoms with Gasteiger partial charge in [0.1, 0.15) is 11.6 Å². The van der Waals surface area contributed by atoms with E-state index in [-0.39, 0.29) is 28.5 Å². The van der Waals surface area contributed by atoms with Crippen LogP contribution in [0.2, 0.25) is 0 Å². The molecule has 0 aliphatic rings. The number of nitrogens with one attached hydrogen (secondary N) is 1. The largest absolute Gasteiger partial charge is 0.493 e. The van der Waals surface area contributed by atoms with Gasteiger partial charge in [-0.1, -0.05) is 12.1 Å². The van der Waals surface area contributed by atoms with Crippen molar-refractivity contribution in [2.75, 3.05) is 12.4 Å². The van der Waals surface area contributed by atoms with E-state index in [2.05, 4.69) is 5.32 Å². The number of nitro benzene ring substituents is 2. The molecule has 14 heteroatoms. The summed E-state index contributed by atoms with van der Waals surface area (Å²) >= 11 is 0. The normalized spacial score (nSPS) is 11.3. The molecule has 0 heterocycles. The quantitative estimate of drug-likeness (QED) is 0.165.